The number of alkyl halides is 3. The smallest absolute Gasteiger partial charge is 0.392 e. The lowest BCUT2D eigenvalue weighted by atomic mass is 10.4. The topological polar surface area (TPSA) is 63.2 Å². The van der Waals surface area contributed by atoms with Crippen molar-refractivity contribution in [3.8, 4) is 6.01 Å². The molecular weight excluding hydrogens is 275 g/mol. The third kappa shape index (κ3) is 5.06. The Balaban J connectivity index is 2.82. The molecule has 0 saturated carbocycles. The number of rotatable bonds is 7. The van der Waals surface area contributed by atoms with Gasteiger partial charge in [-0.05, 0) is 13.8 Å². The molecule has 0 aliphatic carbocycles. The first-order valence-electron chi connectivity index (χ1n) is 6.28. The molecule has 0 amide bonds. The zero-order valence-electron chi connectivity index (χ0n) is 11.7. The van der Waals surface area contributed by atoms with Gasteiger partial charge in [-0.15, -0.1) is 0 Å². The van der Waals surface area contributed by atoms with E-state index in [0.717, 1.165) is 0 Å². The second-order valence-corrected chi connectivity index (χ2v) is 3.88. The lowest BCUT2D eigenvalue weighted by Crippen LogP contribution is -2.25. The van der Waals surface area contributed by atoms with Crippen LogP contribution in [0.5, 0.6) is 6.01 Å². The normalized spacial score (nSPS) is 11.3. The molecule has 0 aromatic carbocycles. The van der Waals surface area contributed by atoms with E-state index in [0.29, 0.717) is 19.0 Å². The van der Waals surface area contributed by atoms with E-state index in [1.54, 1.807) is 7.05 Å². The number of nitrogens with zero attached hydrogens (tertiary/aromatic N) is 4. The van der Waals surface area contributed by atoms with E-state index >= 15 is 0 Å². The summed E-state index contributed by atoms with van der Waals surface area (Å²) in [5.74, 6) is 0.625. The molecule has 20 heavy (non-hydrogen) atoms. The first-order valence-corrected chi connectivity index (χ1v) is 6.28. The summed E-state index contributed by atoms with van der Waals surface area (Å²) in [5.41, 5.74) is 0. The van der Waals surface area contributed by atoms with Crippen molar-refractivity contribution in [3.63, 3.8) is 0 Å². The quantitative estimate of drug-likeness (QED) is 0.830. The van der Waals surface area contributed by atoms with Crippen LogP contribution in [0.4, 0.5) is 25.1 Å². The Labute approximate surface area is 115 Å². The molecule has 0 fully saturated rings. The zero-order valence-corrected chi connectivity index (χ0v) is 11.7. The molecule has 6 nitrogen and oxygen atoms in total. The predicted octanol–water partition coefficient (Wildman–Crippen LogP) is 2.09. The van der Waals surface area contributed by atoms with Gasteiger partial charge in [-0.2, -0.15) is 28.1 Å². The van der Waals surface area contributed by atoms with Crippen molar-refractivity contribution in [2.75, 3.05) is 37.0 Å². The van der Waals surface area contributed by atoms with Crippen molar-refractivity contribution in [2.24, 2.45) is 0 Å². The average Bonchev–Trinajstić information content (AvgIpc) is 2.38. The van der Waals surface area contributed by atoms with Crippen molar-refractivity contribution < 1.29 is 17.9 Å². The molecule has 0 unspecified atom stereocenters. The van der Waals surface area contributed by atoms with Gasteiger partial charge in [0.25, 0.3) is 0 Å². The van der Waals surface area contributed by atoms with E-state index in [1.165, 1.54) is 0 Å². The van der Waals surface area contributed by atoms with Crippen LogP contribution in [0, 0.1) is 0 Å². The summed E-state index contributed by atoms with van der Waals surface area (Å²) in [7, 11) is 1.61. The molecule has 0 aliphatic rings. The molecule has 1 aromatic rings. The average molecular weight is 293 g/mol. The Bertz CT molecular complexity index is 423. The summed E-state index contributed by atoms with van der Waals surface area (Å²) >= 11 is 0. The maximum atomic E-state index is 12.1. The predicted molar refractivity (Wildman–Crippen MR) is 69.1 cm³/mol. The van der Waals surface area contributed by atoms with Crippen LogP contribution in [-0.4, -0.2) is 47.9 Å². The standard InChI is InChI=1S/C11H18F3N5O/c1-4-19(5-2)9-16-8(15-3)17-10(18-9)20-7-6-11(12,13)14/h4-7H2,1-3H3,(H,15,16,17,18). The molecule has 1 rings (SSSR count). The van der Waals surface area contributed by atoms with Crippen molar-refractivity contribution >= 4 is 11.9 Å². The van der Waals surface area contributed by atoms with Crippen LogP contribution in [0.25, 0.3) is 0 Å². The number of hydrogen-bond donors (Lipinski definition) is 1. The fourth-order valence-corrected chi connectivity index (χ4v) is 1.43. The Hall–Kier alpha value is -1.80. The number of halogens is 3. The Morgan fingerprint density at radius 2 is 1.80 bits per heavy atom. The van der Waals surface area contributed by atoms with Crippen LogP contribution in [0.1, 0.15) is 20.3 Å². The van der Waals surface area contributed by atoms with E-state index < -0.39 is 19.2 Å². The van der Waals surface area contributed by atoms with E-state index in [4.69, 9.17) is 4.74 Å². The minimum absolute atomic E-state index is 0.115. The lowest BCUT2D eigenvalue weighted by Gasteiger charge is -2.19. The highest BCUT2D eigenvalue weighted by molar-refractivity contribution is 5.37. The van der Waals surface area contributed by atoms with E-state index in [9.17, 15) is 13.2 Å². The van der Waals surface area contributed by atoms with Crippen molar-refractivity contribution in [2.45, 2.75) is 26.4 Å². The maximum Gasteiger partial charge on any atom is 0.392 e. The van der Waals surface area contributed by atoms with Crippen LogP contribution >= 0.6 is 0 Å². The van der Waals surface area contributed by atoms with Gasteiger partial charge in [-0.25, -0.2) is 0 Å². The summed E-state index contributed by atoms with van der Waals surface area (Å²) in [4.78, 5) is 13.9. The fraction of sp³-hybridized carbons (Fsp3) is 0.727. The molecule has 0 aliphatic heterocycles. The van der Waals surface area contributed by atoms with Crippen molar-refractivity contribution in [1.82, 2.24) is 15.0 Å². The molecule has 0 saturated heterocycles. The minimum Gasteiger partial charge on any atom is -0.463 e. The monoisotopic (exact) mass is 293 g/mol. The molecule has 114 valence electrons. The molecule has 1 N–H and O–H groups in total. The fourth-order valence-electron chi connectivity index (χ4n) is 1.43. The van der Waals surface area contributed by atoms with E-state index in [2.05, 4.69) is 20.3 Å². The Kier molecular flexibility index (Phi) is 5.78. The second kappa shape index (κ2) is 7.11. The highest BCUT2D eigenvalue weighted by atomic mass is 19.4. The zero-order chi connectivity index (χ0) is 15.2. The van der Waals surface area contributed by atoms with Crippen molar-refractivity contribution in [1.29, 1.82) is 0 Å². The van der Waals surface area contributed by atoms with Gasteiger partial charge in [0, 0.05) is 20.1 Å². The summed E-state index contributed by atoms with van der Waals surface area (Å²) in [6.45, 7) is 4.68. The van der Waals surface area contributed by atoms with Gasteiger partial charge >= 0.3 is 12.2 Å². The first kappa shape index (κ1) is 16.3. The van der Waals surface area contributed by atoms with Gasteiger partial charge in [0.1, 0.15) is 6.61 Å². The number of anilines is 2. The van der Waals surface area contributed by atoms with Gasteiger partial charge in [0.2, 0.25) is 11.9 Å². The van der Waals surface area contributed by atoms with Gasteiger partial charge in [-0.3, -0.25) is 0 Å². The minimum atomic E-state index is -4.26. The van der Waals surface area contributed by atoms with Crippen LogP contribution in [0.3, 0.4) is 0 Å². The molecular formula is C11H18F3N5O. The maximum absolute atomic E-state index is 12.1. The molecule has 0 radical (unpaired) electrons. The highest BCUT2D eigenvalue weighted by Gasteiger charge is 2.27. The van der Waals surface area contributed by atoms with E-state index in [1.807, 2.05) is 18.7 Å². The van der Waals surface area contributed by atoms with Crippen molar-refractivity contribution in [3.05, 3.63) is 0 Å². The van der Waals surface area contributed by atoms with Gasteiger partial charge in [-0.1, -0.05) is 0 Å². The summed E-state index contributed by atoms with van der Waals surface area (Å²) in [6.07, 6.45) is -5.31. The number of aromatic nitrogens is 3. The molecule has 1 aromatic heterocycles. The molecule has 0 spiro atoms. The largest absolute Gasteiger partial charge is 0.463 e. The molecule has 1 heterocycles. The lowest BCUT2D eigenvalue weighted by molar-refractivity contribution is -0.139. The SMILES string of the molecule is CCN(CC)c1nc(NC)nc(OCCC(F)(F)F)n1. The van der Waals surface area contributed by atoms with Gasteiger partial charge in [0.15, 0.2) is 0 Å². The Morgan fingerprint density at radius 1 is 1.15 bits per heavy atom. The third-order valence-corrected chi connectivity index (χ3v) is 2.49. The second-order valence-electron chi connectivity index (χ2n) is 3.88. The number of nitrogens with one attached hydrogen (secondary N) is 1. The van der Waals surface area contributed by atoms with Crippen LogP contribution < -0.4 is 15.0 Å². The summed E-state index contributed by atoms with van der Waals surface area (Å²) in [6, 6.07) is -0.115. The molecule has 0 atom stereocenters. The third-order valence-electron chi connectivity index (χ3n) is 2.49. The van der Waals surface area contributed by atoms with Gasteiger partial charge in [0.05, 0.1) is 6.42 Å². The van der Waals surface area contributed by atoms with Crippen LogP contribution in [0.2, 0.25) is 0 Å². The summed E-state index contributed by atoms with van der Waals surface area (Å²) < 4.78 is 41.2. The number of ether oxygens (including phenoxy) is 1. The molecule has 0 bridgehead atoms. The number of hydrogen-bond acceptors (Lipinski definition) is 6. The van der Waals surface area contributed by atoms with Crippen LogP contribution in [0.15, 0.2) is 0 Å². The highest BCUT2D eigenvalue weighted by Crippen LogP contribution is 2.20. The van der Waals surface area contributed by atoms with E-state index in [-0.39, 0.29) is 12.0 Å². The Morgan fingerprint density at radius 3 is 2.30 bits per heavy atom. The summed E-state index contributed by atoms with van der Waals surface area (Å²) in [5, 5.41) is 2.73. The van der Waals surface area contributed by atoms with Crippen LogP contribution in [-0.2, 0) is 0 Å². The molecule has 9 heteroatoms. The van der Waals surface area contributed by atoms with Gasteiger partial charge < -0.3 is 15.0 Å². The first-order chi connectivity index (χ1) is 9.39.